The smallest absolute Gasteiger partial charge is 0.327 e. The average molecular weight is 1050 g/mol. The van der Waals surface area contributed by atoms with Gasteiger partial charge in [-0.25, -0.2) is 29.3 Å². The number of alkyl halides is 1. The first-order valence-corrected chi connectivity index (χ1v) is 29.9. The molecule has 3 N–H and O–H groups in total. The molecule has 0 spiro atoms. The number of imidazole rings is 2. The molecule has 8 rings (SSSR count). The minimum absolute atomic E-state index is 0.0399. The van der Waals surface area contributed by atoms with Crippen LogP contribution in [0, 0.1) is 17.2 Å². The molecule has 10 atom stereocenters. The van der Waals surface area contributed by atoms with Gasteiger partial charge in [-0.15, -0.1) is 0 Å². The number of hydrogen-bond acceptors (Lipinski definition) is 19. The summed E-state index contributed by atoms with van der Waals surface area (Å²) in [7, 11) is -2.79. The molecule has 2 unspecified atom stereocenters. The van der Waals surface area contributed by atoms with Gasteiger partial charge in [-0.05, 0) is 53.9 Å². The molecule has 7 heterocycles. The fraction of sp³-hybridized carbons (Fsp3) is 0.537. The summed E-state index contributed by atoms with van der Waals surface area (Å²) in [4.78, 5) is 75.5. The van der Waals surface area contributed by atoms with Crippen LogP contribution in [0.25, 0.3) is 22.3 Å². The van der Waals surface area contributed by atoms with Crippen molar-refractivity contribution >= 4 is 85.2 Å². The van der Waals surface area contributed by atoms with Crippen LogP contribution in [0.15, 0.2) is 54.1 Å². The highest BCUT2D eigenvalue weighted by Crippen LogP contribution is 2.58. The molecule has 4 aromatic heterocycles. The van der Waals surface area contributed by atoms with Gasteiger partial charge in [0.25, 0.3) is 11.5 Å². The van der Waals surface area contributed by atoms with Gasteiger partial charge in [-0.1, -0.05) is 52.8 Å². The lowest BCUT2D eigenvalue weighted by Crippen LogP contribution is -2.50. The Kier molecular flexibility index (Phi) is 15.0. The van der Waals surface area contributed by atoms with E-state index < -0.39 is 95.6 Å². The molecule has 0 radical (unpaired) electrons. The number of nitrogens with zero attached hydrogens (tertiary/aromatic N) is 8. The molecule has 1 amide bonds. The van der Waals surface area contributed by atoms with E-state index in [1.165, 1.54) is 28.1 Å². The van der Waals surface area contributed by atoms with E-state index in [9.17, 15) is 24.5 Å². The van der Waals surface area contributed by atoms with Crippen LogP contribution in [-0.4, -0.2) is 120 Å². The highest BCUT2D eigenvalue weighted by atomic mass is 32.5. The number of nitriles is 1. The Morgan fingerprint density at radius 2 is 1.68 bits per heavy atom. The van der Waals surface area contributed by atoms with E-state index in [4.69, 9.17) is 60.1 Å². The SMILES string of the molecule is CC(C)C(=O)Cc1nc2c(ncn2[C@@H]2O[C@@H]3COP(O)(=S)O[C@H]4[C@@H](F)[C@H](n5cnc6c(NC(=O)c7ccccc7)ncnc65)O[C@@H]4COP(=S)(OCCC#N)O[C@@H]2[C@@H]3O[Si](C)(C)C(C)(C)C)c(=O)[nH]1. The zero-order chi connectivity index (χ0) is 49.6. The molecular weight excluding hydrogens is 998 g/mol. The van der Waals surface area contributed by atoms with Crippen molar-refractivity contribution in [3.05, 3.63) is 71.1 Å². The number of halogens is 1. The number of rotatable bonds is 12. The number of carbonyl (C=O) groups excluding carboxylic acids is 2. The fourth-order valence-electron chi connectivity index (χ4n) is 7.49. The Bertz CT molecular complexity index is 2940. The summed E-state index contributed by atoms with van der Waals surface area (Å²) in [6.45, 7) is 3.72. The number of benzene rings is 1. The van der Waals surface area contributed by atoms with Gasteiger partial charge in [0.15, 0.2) is 55.1 Å². The number of H-pyrrole nitrogens is 1. The van der Waals surface area contributed by atoms with Crippen LogP contribution >= 0.6 is 13.4 Å². The van der Waals surface area contributed by atoms with E-state index in [-0.39, 0.29) is 70.2 Å². The van der Waals surface area contributed by atoms with Gasteiger partial charge >= 0.3 is 13.4 Å². The maximum Gasteiger partial charge on any atom is 0.327 e. The van der Waals surface area contributed by atoms with Gasteiger partial charge < -0.3 is 42.7 Å². The normalized spacial score (nSPS) is 29.0. The molecule has 28 heteroatoms. The Balaban J connectivity index is 1.17. The van der Waals surface area contributed by atoms with E-state index in [0.29, 0.717) is 5.56 Å². The maximum absolute atomic E-state index is 17.1. The minimum Gasteiger partial charge on any atom is -0.408 e. The quantitative estimate of drug-likeness (QED) is 0.0769. The van der Waals surface area contributed by atoms with E-state index in [0.717, 1.165) is 0 Å². The number of aromatic nitrogens is 8. The van der Waals surface area contributed by atoms with Crippen molar-refractivity contribution in [2.45, 2.75) is 115 Å². The first kappa shape index (κ1) is 51.2. The molecule has 0 saturated carbocycles. The third-order valence-corrected chi connectivity index (χ3v) is 20.6. The lowest BCUT2D eigenvalue weighted by atomic mass is 10.1. The number of hydrogen-bond donors (Lipinski definition) is 3. The number of carbonyl (C=O) groups is 2. The fourth-order valence-corrected chi connectivity index (χ4v) is 12.3. The molecule has 0 aliphatic carbocycles. The average Bonchev–Trinajstić information content (AvgIpc) is 4.06. The minimum atomic E-state index is -4.41. The van der Waals surface area contributed by atoms with E-state index >= 15 is 4.39 Å². The third-order valence-electron chi connectivity index (χ3n) is 12.2. The Morgan fingerprint density at radius 3 is 2.38 bits per heavy atom. The second-order valence-electron chi connectivity index (χ2n) is 18.3. The monoisotopic (exact) mass is 1050 g/mol. The summed E-state index contributed by atoms with van der Waals surface area (Å²) in [5.41, 5.74) is -0.0756. The van der Waals surface area contributed by atoms with Crippen LogP contribution in [-0.2, 0) is 71.3 Å². The van der Waals surface area contributed by atoms with Gasteiger partial charge in [-0.3, -0.25) is 32.6 Å². The maximum atomic E-state index is 17.1. The molecule has 22 nitrogen and oxygen atoms in total. The second-order valence-corrected chi connectivity index (χ2v) is 28.8. The Morgan fingerprint density at radius 1 is 1.00 bits per heavy atom. The van der Waals surface area contributed by atoms with E-state index in [1.54, 1.807) is 44.2 Å². The molecule has 3 aliphatic heterocycles. The van der Waals surface area contributed by atoms with Gasteiger partial charge in [0.1, 0.15) is 48.5 Å². The van der Waals surface area contributed by atoms with Crippen LogP contribution in [0.2, 0.25) is 18.1 Å². The van der Waals surface area contributed by atoms with Crippen molar-refractivity contribution in [2.24, 2.45) is 5.92 Å². The molecule has 3 fully saturated rings. The first-order valence-electron chi connectivity index (χ1n) is 21.8. The molecule has 370 valence electrons. The Hall–Kier alpha value is -4.16. The zero-order valence-corrected chi connectivity index (χ0v) is 42.9. The predicted octanol–water partition coefficient (Wildman–Crippen LogP) is 5.69. The first-order chi connectivity index (χ1) is 32.6. The van der Waals surface area contributed by atoms with Crippen LogP contribution in [0.1, 0.15) is 69.7 Å². The van der Waals surface area contributed by atoms with Crippen molar-refractivity contribution < 1.29 is 55.4 Å². The molecule has 5 aromatic rings. The summed E-state index contributed by atoms with van der Waals surface area (Å²) < 4.78 is 71.1. The molecule has 3 saturated heterocycles. The van der Waals surface area contributed by atoms with Crippen molar-refractivity contribution in [1.29, 1.82) is 5.26 Å². The predicted molar refractivity (Wildman–Crippen MR) is 255 cm³/mol. The molecule has 1 aromatic carbocycles. The molecule has 2 bridgehead atoms. The van der Waals surface area contributed by atoms with E-state index in [2.05, 4.69) is 35.2 Å². The van der Waals surface area contributed by atoms with Crippen molar-refractivity contribution in [1.82, 2.24) is 39.0 Å². The van der Waals surface area contributed by atoms with Crippen LogP contribution in [0.4, 0.5) is 10.2 Å². The van der Waals surface area contributed by atoms with Gasteiger partial charge in [0.2, 0.25) is 0 Å². The number of fused-ring (bicyclic) bond motifs is 5. The number of nitrogens with one attached hydrogen (secondary N) is 2. The van der Waals surface area contributed by atoms with Crippen LogP contribution in [0.3, 0.4) is 0 Å². The summed E-state index contributed by atoms with van der Waals surface area (Å²) in [5.74, 6) is -0.830. The number of amides is 1. The van der Waals surface area contributed by atoms with Gasteiger partial charge in [0.05, 0.1) is 51.4 Å². The number of Topliss-reactive ketones (excluding diaryl/α,β-unsaturated/α-hetero) is 1. The second kappa shape index (κ2) is 20.2. The topological polar surface area (TPSA) is 271 Å². The lowest BCUT2D eigenvalue weighted by molar-refractivity contribution is -0.121. The number of ether oxygens (including phenoxy) is 2. The number of anilines is 1. The summed E-state index contributed by atoms with van der Waals surface area (Å²) in [6.07, 6.45) is -7.94. The van der Waals surface area contributed by atoms with Crippen molar-refractivity contribution in [2.75, 3.05) is 25.1 Å². The summed E-state index contributed by atoms with van der Waals surface area (Å²) in [6, 6.07) is 10.4. The van der Waals surface area contributed by atoms with Crippen LogP contribution in [0.5, 0.6) is 0 Å². The van der Waals surface area contributed by atoms with Gasteiger partial charge in [0, 0.05) is 11.5 Å². The summed E-state index contributed by atoms with van der Waals surface area (Å²) >= 11 is 11.6. The van der Waals surface area contributed by atoms with Crippen molar-refractivity contribution in [3.8, 4) is 6.07 Å². The largest absolute Gasteiger partial charge is 0.408 e. The van der Waals surface area contributed by atoms with Gasteiger partial charge in [-0.2, -0.15) is 5.26 Å². The number of ketones is 1. The molecular formula is C41H51FN10O12P2S2Si. The highest BCUT2D eigenvalue weighted by Gasteiger charge is 2.56. The highest BCUT2D eigenvalue weighted by molar-refractivity contribution is 8.07. The summed E-state index contributed by atoms with van der Waals surface area (Å²) in [5, 5.41) is 11.9. The third kappa shape index (κ3) is 10.9. The van der Waals surface area contributed by atoms with Crippen molar-refractivity contribution in [3.63, 3.8) is 0 Å². The van der Waals surface area contributed by atoms with E-state index in [1.807, 2.05) is 39.9 Å². The van der Waals surface area contributed by atoms with Crippen LogP contribution < -0.4 is 10.9 Å². The standard InChI is InChI=1S/C41H51FN10O12P2S2Si/c1-22(2)24(53)16-27-48-36-30(38(55)49-27)47-21-52(36)40-33-32(64-69(6,7)41(3,4)5)26(61-40)17-58-65(56,67)62-31-25(18-59-66(68,63-33)57-15-11-14-43)60-39(28(31)42)51-20-46-29-34(44-19-45-35(29)51)50-37(54)23-12-9-8-10-13-23/h8-10,12-13,19-22,25-26,28,31-33,39-40H,11,15-18H2,1-7H3,(H,56,67)(H,48,49,55)(H,44,45,50,54)/t25-,26-,28-,31-,32-,33-,39-,40-,65?,66?/m1/s1. The molecule has 69 heavy (non-hydrogen) atoms. The Labute approximate surface area is 406 Å². The zero-order valence-electron chi connectivity index (χ0n) is 38.5. The number of aromatic amines is 1. The molecule has 3 aliphatic rings. The lowest BCUT2D eigenvalue weighted by Gasteiger charge is -2.41.